The molecular formula is C19H22ClN3O2S. The van der Waals surface area contributed by atoms with E-state index in [0.29, 0.717) is 22.4 Å². The number of nitrogens with one attached hydrogen (secondary N) is 1. The molecule has 1 N–H and O–H groups in total. The van der Waals surface area contributed by atoms with Crippen molar-refractivity contribution in [1.82, 2.24) is 9.88 Å². The Labute approximate surface area is 164 Å². The van der Waals surface area contributed by atoms with E-state index in [-0.39, 0.29) is 6.10 Å². The molecule has 0 amide bonds. The van der Waals surface area contributed by atoms with E-state index < -0.39 is 0 Å². The van der Waals surface area contributed by atoms with Crippen LogP contribution < -0.4 is 10.1 Å². The Hall–Kier alpha value is -1.89. The summed E-state index contributed by atoms with van der Waals surface area (Å²) in [5.41, 5.74) is 1.93. The molecule has 3 rings (SSSR count). The van der Waals surface area contributed by atoms with Crippen molar-refractivity contribution >= 4 is 34.6 Å². The van der Waals surface area contributed by atoms with Gasteiger partial charge in [-0.15, -0.1) is 0 Å². The summed E-state index contributed by atoms with van der Waals surface area (Å²) in [6, 6.07) is 9.42. The number of methoxy groups -OCH3 is 1. The zero-order valence-electron chi connectivity index (χ0n) is 14.7. The molecule has 0 aliphatic carbocycles. The molecule has 0 saturated carbocycles. The molecule has 1 aliphatic rings. The van der Waals surface area contributed by atoms with Gasteiger partial charge in [-0.3, -0.25) is 4.98 Å². The smallest absolute Gasteiger partial charge is 0.173 e. The largest absolute Gasteiger partial charge is 0.495 e. The number of benzene rings is 1. The molecule has 0 spiro atoms. The first kappa shape index (κ1) is 18.9. The lowest BCUT2D eigenvalue weighted by atomic mass is 10.2. The fourth-order valence-electron chi connectivity index (χ4n) is 2.92. The van der Waals surface area contributed by atoms with Gasteiger partial charge in [0.05, 0.1) is 18.9 Å². The fourth-order valence-corrected chi connectivity index (χ4v) is 3.34. The van der Waals surface area contributed by atoms with Crippen molar-refractivity contribution < 1.29 is 9.47 Å². The summed E-state index contributed by atoms with van der Waals surface area (Å²) in [7, 11) is 1.61. The van der Waals surface area contributed by atoms with Crippen molar-refractivity contribution in [3.05, 3.63) is 53.3 Å². The Morgan fingerprint density at radius 1 is 1.38 bits per heavy atom. The standard InChI is InChI=1S/C19H22ClN3O2S/c1-24-18-11-15(20)4-5-17(18)22-19(26)23(13-16-3-2-10-25-16)12-14-6-8-21-9-7-14/h4-9,11,16H,2-3,10,12-13H2,1H3,(H,22,26)/t16-/m0/s1. The summed E-state index contributed by atoms with van der Waals surface area (Å²) >= 11 is 11.7. The molecule has 1 aromatic carbocycles. The second-order valence-corrected chi connectivity index (χ2v) is 6.97. The molecule has 2 heterocycles. The number of anilines is 1. The maximum atomic E-state index is 6.04. The van der Waals surface area contributed by atoms with Crippen LogP contribution in [-0.4, -0.2) is 41.4 Å². The van der Waals surface area contributed by atoms with E-state index in [1.54, 1.807) is 25.6 Å². The van der Waals surface area contributed by atoms with Crippen LogP contribution >= 0.6 is 23.8 Å². The van der Waals surface area contributed by atoms with Crippen molar-refractivity contribution in [2.45, 2.75) is 25.5 Å². The molecule has 0 bridgehead atoms. The lowest BCUT2D eigenvalue weighted by Crippen LogP contribution is -2.39. The van der Waals surface area contributed by atoms with Gasteiger partial charge in [0.2, 0.25) is 0 Å². The monoisotopic (exact) mass is 391 g/mol. The summed E-state index contributed by atoms with van der Waals surface area (Å²) in [6.45, 7) is 2.24. The van der Waals surface area contributed by atoms with E-state index in [0.717, 1.165) is 37.2 Å². The van der Waals surface area contributed by atoms with Gasteiger partial charge in [0.25, 0.3) is 0 Å². The molecule has 1 atom stereocenters. The van der Waals surface area contributed by atoms with Crippen LogP contribution in [0.25, 0.3) is 0 Å². The van der Waals surface area contributed by atoms with Gasteiger partial charge in [-0.1, -0.05) is 11.6 Å². The number of hydrogen-bond donors (Lipinski definition) is 1. The summed E-state index contributed by atoms with van der Waals surface area (Å²) in [6.07, 6.45) is 5.93. The van der Waals surface area contributed by atoms with Gasteiger partial charge in [-0.25, -0.2) is 0 Å². The molecule has 138 valence electrons. The van der Waals surface area contributed by atoms with Crippen LogP contribution in [0.1, 0.15) is 18.4 Å². The van der Waals surface area contributed by atoms with Gasteiger partial charge in [0, 0.05) is 43.2 Å². The Morgan fingerprint density at radius 3 is 2.88 bits per heavy atom. The third-order valence-corrected chi connectivity index (χ3v) is 4.86. The van der Waals surface area contributed by atoms with E-state index in [4.69, 9.17) is 33.3 Å². The molecule has 0 radical (unpaired) electrons. The normalized spacial score (nSPS) is 16.3. The van der Waals surface area contributed by atoms with E-state index >= 15 is 0 Å². The van der Waals surface area contributed by atoms with Crippen molar-refractivity contribution in [3.63, 3.8) is 0 Å². The van der Waals surface area contributed by atoms with E-state index in [1.807, 2.05) is 24.3 Å². The third kappa shape index (κ3) is 5.06. The molecule has 2 aromatic rings. The molecule has 1 saturated heterocycles. The van der Waals surface area contributed by atoms with Crippen molar-refractivity contribution in [2.24, 2.45) is 0 Å². The fraction of sp³-hybridized carbons (Fsp3) is 0.368. The molecular weight excluding hydrogens is 370 g/mol. The summed E-state index contributed by atoms with van der Waals surface area (Å²) in [5.74, 6) is 0.654. The summed E-state index contributed by atoms with van der Waals surface area (Å²) in [4.78, 5) is 6.20. The summed E-state index contributed by atoms with van der Waals surface area (Å²) in [5, 5.41) is 4.53. The van der Waals surface area contributed by atoms with Crippen LogP contribution in [0.3, 0.4) is 0 Å². The third-order valence-electron chi connectivity index (χ3n) is 4.26. The van der Waals surface area contributed by atoms with E-state index in [2.05, 4.69) is 15.2 Å². The SMILES string of the molecule is COc1cc(Cl)ccc1NC(=S)N(Cc1ccncc1)C[C@@H]1CCCO1. The lowest BCUT2D eigenvalue weighted by Gasteiger charge is -2.28. The second kappa shape index (κ2) is 9.16. The average Bonchev–Trinajstić information content (AvgIpc) is 3.16. The Balaban J connectivity index is 1.75. The minimum atomic E-state index is 0.198. The quantitative estimate of drug-likeness (QED) is 0.747. The number of aromatic nitrogens is 1. The predicted octanol–water partition coefficient (Wildman–Crippen LogP) is 4.12. The van der Waals surface area contributed by atoms with Crippen molar-refractivity contribution in [3.8, 4) is 5.75 Å². The Bertz CT molecular complexity index is 739. The van der Waals surface area contributed by atoms with Gasteiger partial charge in [0.15, 0.2) is 5.11 Å². The average molecular weight is 392 g/mol. The highest BCUT2D eigenvalue weighted by molar-refractivity contribution is 7.80. The predicted molar refractivity (Wildman–Crippen MR) is 108 cm³/mol. The first-order chi connectivity index (χ1) is 12.7. The topological polar surface area (TPSA) is 46.6 Å². The molecule has 0 unspecified atom stereocenters. The van der Waals surface area contributed by atoms with Gasteiger partial charge < -0.3 is 19.7 Å². The number of rotatable bonds is 6. The summed E-state index contributed by atoms with van der Waals surface area (Å²) < 4.78 is 11.2. The highest BCUT2D eigenvalue weighted by Gasteiger charge is 2.21. The van der Waals surface area contributed by atoms with Crippen LogP contribution in [0.15, 0.2) is 42.7 Å². The minimum Gasteiger partial charge on any atom is -0.495 e. The van der Waals surface area contributed by atoms with Crippen LogP contribution in [0.5, 0.6) is 5.75 Å². The van der Waals surface area contributed by atoms with Crippen molar-refractivity contribution in [2.75, 3.05) is 25.6 Å². The van der Waals surface area contributed by atoms with Crippen LogP contribution in [0, 0.1) is 0 Å². The molecule has 1 aromatic heterocycles. The molecule has 26 heavy (non-hydrogen) atoms. The van der Waals surface area contributed by atoms with E-state index in [9.17, 15) is 0 Å². The maximum Gasteiger partial charge on any atom is 0.173 e. The Morgan fingerprint density at radius 2 is 2.19 bits per heavy atom. The van der Waals surface area contributed by atoms with Gasteiger partial charge in [-0.05, 0) is 54.9 Å². The number of nitrogens with zero attached hydrogens (tertiary/aromatic N) is 2. The van der Waals surface area contributed by atoms with E-state index in [1.165, 1.54) is 0 Å². The lowest BCUT2D eigenvalue weighted by molar-refractivity contribution is 0.0905. The van der Waals surface area contributed by atoms with Crippen molar-refractivity contribution in [1.29, 1.82) is 0 Å². The maximum absolute atomic E-state index is 6.04. The number of hydrogen-bond acceptors (Lipinski definition) is 4. The van der Waals surface area contributed by atoms with Crippen LogP contribution in [0.2, 0.25) is 5.02 Å². The minimum absolute atomic E-state index is 0.198. The molecule has 1 aliphatic heterocycles. The zero-order chi connectivity index (χ0) is 18.4. The van der Waals surface area contributed by atoms with Gasteiger partial charge in [0.1, 0.15) is 5.75 Å². The van der Waals surface area contributed by atoms with Crippen LogP contribution in [-0.2, 0) is 11.3 Å². The number of thiocarbonyl (C=S) groups is 1. The highest BCUT2D eigenvalue weighted by Crippen LogP contribution is 2.28. The van der Waals surface area contributed by atoms with Gasteiger partial charge >= 0.3 is 0 Å². The number of ether oxygens (including phenoxy) is 2. The molecule has 7 heteroatoms. The highest BCUT2D eigenvalue weighted by atomic mass is 35.5. The number of pyridine rings is 1. The number of halogens is 1. The first-order valence-corrected chi connectivity index (χ1v) is 9.34. The van der Waals surface area contributed by atoms with Crippen LogP contribution in [0.4, 0.5) is 5.69 Å². The molecule has 5 nitrogen and oxygen atoms in total. The van der Waals surface area contributed by atoms with Gasteiger partial charge in [-0.2, -0.15) is 0 Å². The Kier molecular flexibility index (Phi) is 6.66. The second-order valence-electron chi connectivity index (χ2n) is 6.15. The first-order valence-electron chi connectivity index (χ1n) is 8.55. The zero-order valence-corrected chi connectivity index (χ0v) is 16.2. The molecule has 1 fully saturated rings.